The van der Waals surface area contributed by atoms with Crippen LogP contribution >= 0.6 is 0 Å². The van der Waals surface area contributed by atoms with Crippen molar-refractivity contribution in [3.8, 4) is 0 Å². The Labute approximate surface area is 110 Å². The summed E-state index contributed by atoms with van der Waals surface area (Å²) in [5.74, 6) is 0. The molecule has 0 aliphatic carbocycles. The quantitative estimate of drug-likeness (QED) is 0.866. The predicted molar refractivity (Wildman–Crippen MR) is 69.5 cm³/mol. The van der Waals surface area contributed by atoms with E-state index in [-0.39, 0.29) is 18.7 Å². The van der Waals surface area contributed by atoms with Gasteiger partial charge >= 0.3 is 6.09 Å². The number of carbonyl (C=O) groups is 1. The van der Waals surface area contributed by atoms with E-state index in [1.807, 2.05) is 30.3 Å². The fraction of sp³-hybridized carbons (Fsp3) is 0.231. The molecule has 1 amide bonds. The molecular weight excluding hydrogens is 246 g/mol. The minimum Gasteiger partial charge on any atom is -0.445 e. The first kappa shape index (κ1) is 12.9. The van der Waals surface area contributed by atoms with Crippen molar-refractivity contribution in [2.75, 3.05) is 0 Å². The normalized spacial score (nSPS) is 10.2. The third-order valence-electron chi connectivity index (χ3n) is 2.65. The minimum atomic E-state index is -0.549. The Morgan fingerprint density at radius 2 is 2.11 bits per heavy atom. The van der Waals surface area contributed by atoms with Gasteiger partial charge in [0.25, 0.3) is 5.56 Å². The zero-order valence-electron chi connectivity index (χ0n) is 10.6. The van der Waals surface area contributed by atoms with Crippen molar-refractivity contribution in [2.24, 2.45) is 7.05 Å². The van der Waals surface area contributed by atoms with Gasteiger partial charge in [-0.05, 0) is 5.56 Å². The fourth-order valence-corrected chi connectivity index (χ4v) is 1.58. The maximum Gasteiger partial charge on any atom is 0.407 e. The van der Waals surface area contributed by atoms with Crippen LogP contribution in [0.1, 0.15) is 11.1 Å². The van der Waals surface area contributed by atoms with E-state index < -0.39 is 6.09 Å². The molecule has 0 radical (unpaired) electrons. The average Bonchev–Trinajstić information content (AvgIpc) is 2.75. The van der Waals surface area contributed by atoms with Crippen molar-refractivity contribution in [3.05, 3.63) is 58.0 Å². The summed E-state index contributed by atoms with van der Waals surface area (Å²) in [5.41, 5.74) is 1.23. The molecule has 0 aliphatic heterocycles. The molecule has 6 nitrogen and oxygen atoms in total. The van der Waals surface area contributed by atoms with Crippen LogP contribution in [0.5, 0.6) is 0 Å². The van der Waals surface area contributed by atoms with Crippen LogP contribution in [-0.4, -0.2) is 15.9 Å². The van der Waals surface area contributed by atoms with E-state index in [4.69, 9.17) is 4.74 Å². The lowest BCUT2D eigenvalue weighted by Gasteiger charge is -2.05. The Morgan fingerprint density at radius 1 is 1.37 bits per heavy atom. The summed E-state index contributed by atoms with van der Waals surface area (Å²) < 4.78 is 6.37. The molecule has 6 heteroatoms. The van der Waals surface area contributed by atoms with Gasteiger partial charge in [0.15, 0.2) is 0 Å². The van der Waals surface area contributed by atoms with E-state index in [0.717, 1.165) is 5.56 Å². The molecule has 1 aromatic heterocycles. The number of ether oxygens (including phenoxy) is 1. The molecular formula is C13H15N3O3. The number of nitrogens with zero attached hydrogens (tertiary/aromatic N) is 1. The first-order valence-corrected chi connectivity index (χ1v) is 5.84. The zero-order chi connectivity index (χ0) is 13.7. The van der Waals surface area contributed by atoms with Gasteiger partial charge in [0.2, 0.25) is 0 Å². The van der Waals surface area contributed by atoms with Gasteiger partial charge in [-0.15, -0.1) is 0 Å². The molecule has 0 fully saturated rings. The third-order valence-corrected chi connectivity index (χ3v) is 2.65. The van der Waals surface area contributed by atoms with Crippen LogP contribution in [0.25, 0.3) is 0 Å². The first-order chi connectivity index (χ1) is 9.16. The number of amides is 1. The molecule has 0 unspecified atom stereocenters. The molecule has 0 saturated heterocycles. The molecule has 0 bridgehead atoms. The highest BCUT2D eigenvalue weighted by Crippen LogP contribution is 2.00. The molecule has 1 aromatic carbocycles. The summed E-state index contributed by atoms with van der Waals surface area (Å²) in [7, 11) is 1.61. The van der Waals surface area contributed by atoms with Gasteiger partial charge < -0.3 is 15.2 Å². The Balaban J connectivity index is 1.79. The van der Waals surface area contributed by atoms with E-state index in [1.54, 1.807) is 13.2 Å². The number of benzene rings is 1. The van der Waals surface area contributed by atoms with Crippen LogP contribution < -0.4 is 10.9 Å². The standard InChI is InChI=1S/C13H15N3O3/c1-16-12(17)11(8-15-16)7-14-13(18)19-9-10-5-3-2-4-6-10/h2-6,8,15H,7,9H2,1H3,(H,14,18). The number of carbonyl (C=O) groups excluding carboxylic acids is 1. The van der Waals surface area contributed by atoms with Crippen molar-refractivity contribution < 1.29 is 9.53 Å². The van der Waals surface area contributed by atoms with Crippen LogP contribution in [0.2, 0.25) is 0 Å². The highest BCUT2D eigenvalue weighted by molar-refractivity contribution is 5.67. The molecule has 0 saturated carbocycles. The van der Waals surface area contributed by atoms with Gasteiger partial charge in [-0.25, -0.2) is 4.79 Å². The Kier molecular flexibility index (Phi) is 4.02. The summed E-state index contributed by atoms with van der Waals surface area (Å²) in [6.45, 7) is 0.349. The number of aryl methyl sites for hydroxylation is 1. The van der Waals surface area contributed by atoms with Crippen LogP contribution in [0, 0.1) is 0 Å². The summed E-state index contributed by atoms with van der Waals surface area (Å²) in [4.78, 5) is 23.0. The minimum absolute atomic E-state index is 0.143. The van der Waals surface area contributed by atoms with Crippen LogP contribution in [0.15, 0.2) is 41.3 Å². The van der Waals surface area contributed by atoms with E-state index in [9.17, 15) is 9.59 Å². The van der Waals surface area contributed by atoms with Crippen LogP contribution in [-0.2, 0) is 24.9 Å². The summed E-state index contributed by atoms with van der Waals surface area (Å²) in [6, 6.07) is 9.38. The predicted octanol–water partition coefficient (Wildman–Crippen LogP) is 1.14. The molecule has 0 atom stereocenters. The molecule has 1 heterocycles. The van der Waals surface area contributed by atoms with Crippen molar-refractivity contribution in [3.63, 3.8) is 0 Å². The fourth-order valence-electron chi connectivity index (χ4n) is 1.58. The van der Waals surface area contributed by atoms with Gasteiger partial charge in [-0.2, -0.15) is 0 Å². The molecule has 100 valence electrons. The van der Waals surface area contributed by atoms with E-state index in [2.05, 4.69) is 10.4 Å². The smallest absolute Gasteiger partial charge is 0.407 e. The van der Waals surface area contributed by atoms with Gasteiger partial charge in [0, 0.05) is 13.2 Å². The second-order valence-electron chi connectivity index (χ2n) is 4.08. The van der Waals surface area contributed by atoms with Crippen LogP contribution in [0.4, 0.5) is 4.79 Å². The number of aromatic nitrogens is 2. The molecule has 2 rings (SSSR count). The molecule has 19 heavy (non-hydrogen) atoms. The van der Waals surface area contributed by atoms with Gasteiger partial charge in [-0.3, -0.25) is 9.48 Å². The van der Waals surface area contributed by atoms with Crippen molar-refractivity contribution in [1.29, 1.82) is 0 Å². The highest BCUT2D eigenvalue weighted by Gasteiger charge is 2.06. The second kappa shape index (κ2) is 5.90. The SMILES string of the molecule is Cn1[nH]cc(CNC(=O)OCc2ccccc2)c1=O. The number of hydrogen-bond donors (Lipinski definition) is 2. The van der Waals surface area contributed by atoms with E-state index in [1.165, 1.54) is 4.68 Å². The van der Waals surface area contributed by atoms with E-state index in [0.29, 0.717) is 5.56 Å². The van der Waals surface area contributed by atoms with Crippen molar-refractivity contribution >= 4 is 6.09 Å². The lowest BCUT2D eigenvalue weighted by molar-refractivity contribution is 0.139. The van der Waals surface area contributed by atoms with Crippen LogP contribution in [0.3, 0.4) is 0 Å². The summed E-state index contributed by atoms with van der Waals surface area (Å²) >= 11 is 0. The molecule has 2 N–H and O–H groups in total. The number of nitrogens with one attached hydrogen (secondary N) is 2. The number of rotatable bonds is 4. The summed E-state index contributed by atoms with van der Waals surface area (Å²) in [6.07, 6.45) is 1.01. The topological polar surface area (TPSA) is 76.1 Å². The number of alkyl carbamates (subject to hydrolysis) is 1. The zero-order valence-corrected chi connectivity index (χ0v) is 10.6. The van der Waals surface area contributed by atoms with Crippen molar-refractivity contribution in [1.82, 2.24) is 15.1 Å². The molecule has 0 spiro atoms. The van der Waals surface area contributed by atoms with Crippen molar-refractivity contribution in [2.45, 2.75) is 13.2 Å². The van der Waals surface area contributed by atoms with Gasteiger partial charge in [-0.1, -0.05) is 30.3 Å². The molecule has 2 aromatic rings. The molecule has 0 aliphatic rings. The summed E-state index contributed by atoms with van der Waals surface area (Å²) in [5, 5.41) is 5.26. The number of aromatic amines is 1. The maximum absolute atomic E-state index is 11.5. The first-order valence-electron chi connectivity index (χ1n) is 5.84. The largest absolute Gasteiger partial charge is 0.445 e. The Bertz CT molecular complexity index is 601. The lowest BCUT2D eigenvalue weighted by Crippen LogP contribution is -2.27. The number of H-pyrrole nitrogens is 1. The van der Waals surface area contributed by atoms with Gasteiger partial charge in [0.1, 0.15) is 6.61 Å². The average molecular weight is 261 g/mol. The number of hydrogen-bond acceptors (Lipinski definition) is 3. The third kappa shape index (κ3) is 3.48. The Morgan fingerprint density at radius 3 is 2.74 bits per heavy atom. The lowest BCUT2D eigenvalue weighted by atomic mass is 10.2. The van der Waals surface area contributed by atoms with E-state index >= 15 is 0 Å². The highest BCUT2D eigenvalue weighted by atomic mass is 16.5. The Hall–Kier alpha value is -2.50. The maximum atomic E-state index is 11.5. The second-order valence-corrected chi connectivity index (χ2v) is 4.08. The monoisotopic (exact) mass is 261 g/mol. The van der Waals surface area contributed by atoms with Gasteiger partial charge in [0.05, 0.1) is 12.1 Å².